The number of carbonyl (C=O) groups excluding carboxylic acids is 4. The number of pyridine rings is 1. The van der Waals surface area contributed by atoms with Gasteiger partial charge in [0.05, 0.1) is 6.54 Å². The van der Waals surface area contributed by atoms with Gasteiger partial charge in [0.25, 0.3) is 11.8 Å². The number of aromatic nitrogens is 3. The van der Waals surface area contributed by atoms with Crippen molar-refractivity contribution in [2.24, 2.45) is 5.73 Å². The molecule has 13 heteroatoms. The van der Waals surface area contributed by atoms with Crippen LogP contribution in [0.2, 0.25) is 0 Å². The number of imide groups is 1. The van der Waals surface area contributed by atoms with Gasteiger partial charge in [-0.2, -0.15) is 0 Å². The van der Waals surface area contributed by atoms with Crippen LogP contribution in [0.15, 0.2) is 73.2 Å². The van der Waals surface area contributed by atoms with E-state index in [0.29, 0.717) is 30.2 Å². The van der Waals surface area contributed by atoms with Crippen LogP contribution in [0.5, 0.6) is 5.75 Å². The van der Waals surface area contributed by atoms with E-state index in [0.717, 1.165) is 49.7 Å². The van der Waals surface area contributed by atoms with E-state index in [-0.39, 0.29) is 30.5 Å². The van der Waals surface area contributed by atoms with Gasteiger partial charge in [-0.3, -0.25) is 34.0 Å². The molecule has 13 nitrogen and oxygen atoms in total. The lowest BCUT2D eigenvalue weighted by Crippen LogP contribution is -2.52. The quantitative estimate of drug-likeness (QED) is 0.263. The number of ether oxygens (including phenoxy) is 1. The van der Waals surface area contributed by atoms with E-state index >= 15 is 0 Å². The smallest absolute Gasteiger partial charge is 0.268 e. The highest BCUT2D eigenvalue weighted by atomic mass is 16.5. The Morgan fingerprint density at radius 2 is 1.68 bits per heavy atom. The number of primary amides is 1. The van der Waals surface area contributed by atoms with Crippen LogP contribution in [0, 0.1) is 0 Å². The second kappa shape index (κ2) is 12.7. The third-order valence-electron chi connectivity index (χ3n) is 8.88. The monoisotopic (exact) mass is 634 g/mol. The molecule has 3 aliphatic heterocycles. The standard InChI is InChI=1S/C34H34N8O5/c35-32(44)26-19-41(21-36-26)30-6-2-5-29(37-30)40-15-13-39(14-16-40)17-22-7-9-23(10-8-22)20-47-28-4-1-3-24-25(28)18-42(34(24)46)27-11-12-31(43)38-33(27)45/h1-10,19,21,27H,11-18,20H2,(H2,35,44)(H,38,43,45)/t27-/m0/s1. The molecular formula is C34H34N8O5. The second-order valence-corrected chi connectivity index (χ2v) is 11.9. The van der Waals surface area contributed by atoms with E-state index in [2.05, 4.69) is 44.4 Å². The SMILES string of the molecule is NC(=O)c1cn(-c2cccc(N3CCN(Cc4ccc(COc5cccc6c5CN([C@H]5CCC(=O)NC5=O)C6=O)cc4)CC3)n2)cn1. The maximum atomic E-state index is 13.1. The molecule has 240 valence electrons. The summed E-state index contributed by atoms with van der Waals surface area (Å²) in [5.74, 6) is 0.639. The summed E-state index contributed by atoms with van der Waals surface area (Å²) in [6, 6.07) is 18.9. The zero-order valence-corrected chi connectivity index (χ0v) is 25.7. The van der Waals surface area contributed by atoms with Crippen molar-refractivity contribution in [3.05, 3.63) is 101 Å². The van der Waals surface area contributed by atoms with Crippen molar-refractivity contribution in [1.29, 1.82) is 0 Å². The molecule has 4 aromatic rings. The highest BCUT2D eigenvalue weighted by molar-refractivity contribution is 6.05. The average Bonchev–Trinajstić information content (AvgIpc) is 3.71. The molecule has 2 aromatic carbocycles. The van der Waals surface area contributed by atoms with Crippen LogP contribution in [-0.4, -0.2) is 80.2 Å². The van der Waals surface area contributed by atoms with Crippen molar-refractivity contribution < 1.29 is 23.9 Å². The Balaban J connectivity index is 0.915. The molecule has 0 unspecified atom stereocenters. The van der Waals surface area contributed by atoms with E-state index in [1.165, 1.54) is 16.8 Å². The molecule has 5 heterocycles. The summed E-state index contributed by atoms with van der Waals surface area (Å²) in [4.78, 5) is 63.5. The van der Waals surface area contributed by atoms with Crippen molar-refractivity contribution in [2.45, 2.75) is 38.6 Å². The van der Waals surface area contributed by atoms with Crippen molar-refractivity contribution in [3.63, 3.8) is 0 Å². The normalized spacial score (nSPS) is 18.3. The van der Waals surface area contributed by atoms with Crippen LogP contribution in [0.3, 0.4) is 0 Å². The summed E-state index contributed by atoms with van der Waals surface area (Å²) in [5, 5.41) is 2.34. The Kier molecular flexibility index (Phi) is 8.12. The fourth-order valence-corrected chi connectivity index (χ4v) is 6.30. The Morgan fingerprint density at radius 3 is 2.43 bits per heavy atom. The number of nitrogens with two attached hydrogens (primary N) is 1. The van der Waals surface area contributed by atoms with Crippen LogP contribution >= 0.6 is 0 Å². The summed E-state index contributed by atoms with van der Waals surface area (Å²) in [6.07, 6.45) is 3.66. The highest BCUT2D eigenvalue weighted by Gasteiger charge is 2.40. The number of imidazole rings is 1. The van der Waals surface area contributed by atoms with Crippen molar-refractivity contribution in [2.75, 3.05) is 31.1 Å². The number of amides is 4. The molecule has 3 N–H and O–H groups in total. The van der Waals surface area contributed by atoms with Crippen LogP contribution in [0.1, 0.15) is 50.4 Å². The molecule has 2 fully saturated rings. The number of hydrogen-bond acceptors (Lipinski definition) is 9. The van der Waals surface area contributed by atoms with Crippen molar-refractivity contribution in [3.8, 4) is 11.6 Å². The molecule has 1 atom stereocenters. The summed E-state index contributed by atoms with van der Waals surface area (Å²) in [5.41, 5.74) is 9.04. The Labute approximate surface area is 270 Å². The van der Waals surface area contributed by atoms with Gasteiger partial charge in [0.1, 0.15) is 42.1 Å². The number of carbonyl (C=O) groups is 4. The Bertz CT molecular complexity index is 1850. The summed E-state index contributed by atoms with van der Waals surface area (Å²) >= 11 is 0. The van der Waals surface area contributed by atoms with Crippen LogP contribution in [0.4, 0.5) is 5.82 Å². The largest absolute Gasteiger partial charge is 0.489 e. The summed E-state index contributed by atoms with van der Waals surface area (Å²) in [6.45, 7) is 4.90. The number of anilines is 1. The maximum Gasteiger partial charge on any atom is 0.268 e. The van der Waals surface area contributed by atoms with E-state index in [1.54, 1.807) is 22.9 Å². The first-order valence-electron chi connectivity index (χ1n) is 15.6. The van der Waals surface area contributed by atoms with Gasteiger partial charge in [0.2, 0.25) is 11.8 Å². The van der Waals surface area contributed by atoms with Gasteiger partial charge < -0.3 is 20.3 Å². The lowest BCUT2D eigenvalue weighted by Gasteiger charge is -2.35. The lowest BCUT2D eigenvalue weighted by molar-refractivity contribution is -0.136. The number of nitrogens with one attached hydrogen (secondary N) is 1. The molecule has 2 saturated heterocycles. The van der Waals surface area contributed by atoms with Gasteiger partial charge in [0, 0.05) is 56.5 Å². The zero-order valence-electron chi connectivity index (χ0n) is 25.7. The van der Waals surface area contributed by atoms with Crippen molar-refractivity contribution >= 4 is 29.4 Å². The van der Waals surface area contributed by atoms with Gasteiger partial charge in [-0.25, -0.2) is 9.97 Å². The van der Waals surface area contributed by atoms with Crippen LogP contribution in [-0.2, 0) is 29.3 Å². The average molecular weight is 635 g/mol. The van der Waals surface area contributed by atoms with E-state index in [9.17, 15) is 19.2 Å². The second-order valence-electron chi connectivity index (χ2n) is 11.9. The molecule has 0 radical (unpaired) electrons. The number of piperazine rings is 1. The predicted octanol–water partition coefficient (Wildman–Crippen LogP) is 2.03. The minimum Gasteiger partial charge on any atom is -0.489 e. The number of piperidine rings is 1. The minimum atomic E-state index is -0.661. The summed E-state index contributed by atoms with van der Waals surface area (Å²) < 4.78 is 7.87. The fourth-order valence-electron chi connectivity index (χ4n) is 6.30. The van der Waals surface area contributed by atoms with Gasteiger partial charge in [-0.05, 0) is 41.8 Å². The number of rotatable bonds is 9. The maximum absolute atomic E-state index is 13.1. The molecule has 0 aliphatic carbocycles. The fraction of sp³-hybridized carbons (Fsp3) is 0.294. The molecule has 0 bridgehead atoms. The zero-order chi connectivity index (χ0) is 32.5. The molecule has 2 aromatic heterocycles. The third-order valence-corrected chi connectivity index (χ3v) is 8.88. The topological polar surface area (TPSA) is 156 Å². The van der Waals surface area contributed by atoms with Crippen molar-refractivity contribution in [1.82, 2.24) is 29.7 Å². The molecule has 0 saturated carbocycles. The third kappa shape index (κ3) is 6.29. The highest BCUT2D eigenvalue weighted by Crippen LogP contribution is 2.34. The lowest BCUT2D eigenvalue weighted by atomic mass is 10.0. The first-order valence-corrected chi connectivity index (χ1v) is 15.6. The van der Waals surface area contributed by atoms with E-state index in [1.807, 2.05) is 24.3 Å². The van der Waals surface area contributed by atoms with Gasteiger partial charge in [-0.15, -0.1) is 0 Å². The molecule has 7 rings (SSSR count). The van der Waals surface area contributed by atoms with Gasteiger partial charge >= 0.3 is 0 Å². The first-order chi connectivity index (χ1) is 22.8. The summed E-state index contributed by atoms with van der Waals surface area (Å²) in [7, 11) is 0. The first kappa shape index (κ1) is 30.1. The van der Waals surface area contributed by atoms with Gasteiger partial charge in [-0.1, -0.05) is 36.4 Å². The van der Waals surface area contributed by atoms with Crippen LogP contribution in [0.25, 0.3) is 5.82 Å². The number of fused-ring (bicyclic) bond motifs is 1. The van der Waals surface area contributed by atoms with Crippen LogP contribution < -0.4 is 20.7 Å². The molecule has 4 amide bonds. The molecule has 0 spiro atoms. The Hall–Kier alpha value is -5.56. The minimum absolute atomic E-state index is 0.198. The molecule has 47 heavy (non-hydrogen) atoms. The number of nitrogens with zero attached hydrogens (tertiary/aromatic N) is 6. The Morgan fingerprint density at radius 1 is 0.936 bits per heavy atom. The molecular weight excluding hydrogens is 600 g/mol. The number of hydrogen-bond donors (Lipinski definition) is 2. The van der Waals surface area contributed by atoms with E-state index in [4.69, 9.17) is 15.5 Å². The van der Waals surface area contributed by atoms with Gasteiger partial charge in [0.15, 0.2) is 0 Å². The van der Waals surface area contributed by atoms with E-state index < -0.39 is 17.9 Å². The number of benzene rings is 2. The molecule has 3 aliphatic rings. The predicted molar refractivity (Wildman–Crippen MR) is 171 cm³/mol.